The first kappa shape index (κ1) is 30.1. The Hall–Kier alpha value is -4.94. The molecule has 2 aliphatic heterocycles. The van der Waals surface area contributed by atoms with Gasteiger partial charge >= 0.3 is 0 Å². The molecule has 3 heterocycles. The van der Waals surface area contributed by atoms with Crippen LogP contribution in [0.4, 0.5) is 17.1 Å². The molecule has 0 spiro atoms. The van der Waals surface area contributed by atoms with E-state index in [-0.39, 0.29) is 16.9 Å². The van der Waals surface area contributed by atoms with Crippen LogP contribution in [-0.4, -0.2) is 34.8 Å². The third kappa shape index (κ3) is 5.36. The number of carbonyl (C=O) groups is 1. The molecule has 0 atom stereocenters. The Morgan fingerprint density at radius 3 is 2.49 bits per heavy atom. The lowest BCUT2D eigenvalue weighted by molar-refractivity contribution is -0.384. The third-order valence-corrected chi connectivity index (χ3v) is 9.88. The molecule has 4 aromatic rings. The number of anilines is 2. The molecule has 6 rings (SSSR count). The molecule has 2 aliphatic rings. The molecule has 0 saturated carbocycles. The van der Waals surface area contributed by atoms with Gasteiger partial charge in [0.2, 0.25) is 0 Å². The average molecular weight is 640 g/mol. The number of thiazole rings is 1. The molecule has 1 amide bonds. The first-order valence-electron chi connectivity index (χ1n) is 14.3. The highest BCUT2D eigenvalue weighted by Gasteiger charge is 2.32. The minimum Gasteiger partial charge on any atom is -0.497 e. The highest BCUT2D eigenvalue weighted by Crippen LogP contribution is 2.47. The molecule has 45 heavy (non-hydrogen) atoms. The number of nitrogens with zero attached hydrogens (tertiary/aromatic N) is 5. The summed E-state index contributed by atoms with van der Waals surface area (Å²) in [5, 5.41) is 17.9. The van der Waals surface area contributed by atoms with Crippen LogP contribution in [0.5, 0.6) is 5.75 Å². The quantitative estimate of drug-likeness (QED) is 0.205. The summed E-state index contributed by atoms with van der Waals surface area (Å²) in [6.45, 7) is 6.72. The molecule has 3 aromatic carbocycles. The van der Waals surface area contributed by atoms with E-state index in [0.29, 0.717) is 27.0 Å². The highest BCUT2D eigenvalue weighted by molar-refractivity contribution is 8.03. The van der Waals surface area contributed by atoms with Crippen LogP contribution in [0.3, 0.4) is 0 Å². The molecule has 0 bridgehead atoms. The van der Waals surface area contributed by atoms with Gasteiger partial charge in [0.1, 0.15) is 14.9 Å². The first-order chi connectivity index (χ1) is 21.7. The summed E-state index contributed by atoms with van der Waals surface area (Å²) in [6, 6.07) is 21.5. The number of hydrogen-bond acceptors (Lipinski definition) is 9. The van der Waals surface area contributed by atoms with Gasteiger partial charge in [-0.15, -0.1) is 11.3 Å². The topological polar surface area (TPSA) is 110 Å². The van der Waals surface area contributed by atoms with Gasteiger partial charge in [-0.2, -0.15) is 10.1 Å². The van der Waals surface area contributed by atoms with Gasteiger partial charge in [-0.3, -0.25) is 24.3 Å². The first-order valence-corrected chi connectivity index (χ1v) is 15.9. The highest BCUT2D eigenvalue weighted by atomic mass is 32.2. The summed E-state index contributed by atoms with van der Waals surface area (Å²) >= 11 is 2.87. The van der Waals surface area contributed by atoms with E-state index in [1.54, 1.807) is 36.4 Å². The number of rotatable bonds is 7. The maximum atomic E-state index is 14.1. The van der Waals surface area contributed by atoms with Crippen LogP contribution in [0, 0.1) is 10.1 Å². The van der Waals surface area contributed by atoms with Gasteiger partial charge in [-0.05, 0) is 56.7 Å². The fourth-order valence-corrected chi connectivity index (χ4v) is 7.92. The zero-order valence-corrected chi connectivity index (χ0v) is 26.6. The molecule has 0 unspecified atom stereocenters. The number of hydrogen-bond donors (Lipinski definition) is 0. The van der Waals surface area contributed by atoms with E-state index < -0.39 is 10.8 Å². The summed E-state index contributed by atoms with van der Waals surface area (Å²) in [6.07, 6.45) is 2.05. The number of carbonyl (C=O) groups excluding carboxylic acids is 1. The second-order valence-corrected chi connectivity index (χ2v) is 12.2. The van der Waals surface area contributed by atoms with E-state index in [2.05, 4.69) is 16.9 Å². The number of thioether (sulfide) groups is 1. The van der Waals surface area contributed by atoms with Crippen molar-refractivity contribution in [1.29, 1.82) is 0 Å². The number of fused-ring (bicyclic) bond motifs is 1. The van der Waals surface area contributed by atoms with Crippen LogP contribution < -0.4 is 29.4 Å². The van der Waals surface area contributed by atoms with E-state index in [1.165, 1.54) is 29.5 Å². The van der Waals surface area contributed by atoms with Crippen molar-refractivity contribution < 1.29 is 14.5 Å². The number of methoxy groups -OCH3 is 1. The van der Waals surface area contributed by atoms with Crippen LogP contribution >= 0.6 is 23.1 Å². The summed E-state index contributed by atoms with van der Waals surface area (Å²) in [4.78, 5) is 42.1. The predicted octanol–water partition coefficient (Wildman–Crippen LogP) is 5.09. The molecule has 0 N–H and O–H groups in total. The molecule has 228 valence electrons. The van der Waals surface area contributed by atoms with Crippen LogP contribution in [0.15, 0.2) is 98.7 Å². The van der Waals surface area contributed by atoms with Crippen molar-refractivity contribution in [2.24, 2.45) is 5.10 Å². The summed E-state index contributed by atoms with van der Waals surface area (Å²) < 4.78 is 8.04. The zero-order chi connectivity index (χ0) is 31.8. The van der Waals surface area contributed by atoms with Crippen molar-refractivity contribution in [1.82, 2.24) is 4.57 Å². The SMILES string of the molecule is CCN1/C(=C\C(c2ccccc2)=c2/s/c(=C3/C(=O)N(c4cccc([N+](=O)[O-])c4)N=C3C)n(CC)c2=O)Sc2cc(OC)ccc21. The standard InChI is InChI=1S/C33H29N5O5S2/c1-5-35-26-16-15-24(43-4)18-27(26)44-28(35)19-25(21-11-8-7-9-12-21)30-32(40)36(6-2)33(45-30)29-20(3)34-37(31(29)39)22-13-10-14-23(17-22)38(41)42/h7-19H,5-6H2,1-4H3/b28-19+,30-25+,33-29+. The number of hydrazone groups is 1. The van der Waals surface area contributed by atoms with E-state index in [0.717, 1.165) is 44.1 Å². The monoisotopic (exact) mass is 639 g/mol. The molecule has 1 aromatic heterocycles. The van der Waals surface area contributed by atoms with Crippen molar-refractivity contribution in [3.8, 4) is 5.75 Å². The molecule has 0 fully saturated rings. The maximum absolute atomic E-state index is 14.1. The van der Waals surface area contributed by atoms with Gasteiger partial charge in [0.05, 0.1) is 39.7 Å². The number of ether oxygens (including phenoxy) is 1. The van der Waals surface area contributed by atoms with Gasteiger partial charge in [-0.1, -0.05) is 48.2 Å². The number of nitro benzene ring substituents is 1. The van der Waals surface area contributed by atoms with Gasteiger partial charge in [0.15, 0.2) is 0 Å². The molecule has 12 heteroatoms. The minimum atomic E-state index is -0.516. The van der Waals surface area contributed by atoms with E-state index in [1.807, 2.05) is 61.5 Å². The largest absolute Gasteiger partial charge is 0.497 e. The van der Waals surface area contributed by atoms with Gasteiger partial charge in [0.25, 0.3) is 17.2 Å². The second kappa shape index (κ2) is 12.2. The fourth-order valence-electron chi connectivity index (χ4n) is 5.39. The summed E-state index contributed by atoms with van der Waals surface area (Å²) in [5.41, 5.74) is 3.33. The number of amides is 1. The van der Waals surface area contributed by atoms with Gasteiger partial charge in [0, 0.05) is 35.7 Å². The average Bonchev–Trinajstić information content (AvgIpc) is 3.68. The van der Waals surface area contributed by atoms with Crippen LogP contribution in [0.25, 0.3) is 11.1 Å². The number of aromatic nitrogens is 1. The smallest absolute Gasteiger partial charge is 0.283 e. The fraction of sp³-hybridized carbons (Fsp3) is 0.182. The summed E-state index contributed by atoms with van der Waals surface area (Å²) in [5.74, 6) is 0.324. The number of non-ortho nitro benzene ring substituents is 1. The third-order valence-electron chi connectivity index (χ3n) is 7.57. The van der Waals surface area contributed by atoms with Crippen LogP contribution in [0.2, 0.25) is 0 Å². The van der Waals surface area contributed by atoms with Crippen molar-refractivity contribution >= 4 is 62.9 Å². The van der Waals surface area contributed by atoms with E-state index in [9.17, 15) is 19.7 Å². The maximum Gasteiger partial charge on any atom is 0.283 e. The Morgan fingerprint density at radius 1 is 1.02 bits per heavy atom. The lowest BCUT2D eigenvalue weighted by atomic mass is 10.1. The Bertz CT molecular complexity index is 2100. The van der Waals surface area contributed by atoms with Crippen molar-refractivity contribution in [2.45, 2.75) is 32.2 Å². The molecule has 0 radical (unpaired) electrons. The lowest BCUT2D eigenvalue weighted by Gasteiger charge is -2.18. The Morgan fingerprint density at radius 2 is 1.80 bits per heavy atom. The van der Waals surface area contributed by atoms with E-state index >= 15 is 0 Å². The second-order valence-electron chi connectivity index (χ2n) is 10.2. The Labute approximate surface area is 267 Å². The summed E-state index contributed by atoms with van der Waals surface area (Å²) in [7, 11) is 1.65. The Balaban J connectivity index is 1.57. The van der Waals surface area contributed by atoms with Crippen molar-refractivity contribution in [2.75, 3.05) is 23.6 Å². The van der Waals surface area contributed by atoms with Crippen molar-refractivity contribution in [3.05, 3.63) is 119 Å². The molecular weight excluding hydrogens is 611 g/mol. The molecule has 0 aliphatic carbocycles. The number of allylic oxidation sites excluding steroid dienone is 1. The van der Waals surface area contributed by atoms with E-state index in [4.69, 9.17) is 4.74 Å². The Kier molecular flexibility index (Phi) is 8.17. The normalized spacial score (nSPS) is 17.1. The van der Waals surface area contributed by atoms with Crippen molar-refractivity contribution in [3.63, 3.8) is 0 Å². The lowest BCUT2D eigenvalue weighted by Crippen LogP contribution is -2.34. The predicted molar refractivity (Wildman–Crippen MR) is 180 cm³/mol. The number of nitro groups is 1. The van der Waals surface area contributed by atoms with Crippen LogP contribution in [0.1, 0.15) is 26.3 Å². The molecular formula is C33H29N5O5S2. The van der Waals surface area contributed by atoms with Crippen LogP contribution in [-0.2, 0) is 11.3 Å². The minimum absolute atomic E-state index is 0.146. The van der Waals surface area contributed by atoms with Gasteiger partial charge < -0.3 is 9.64 Å². The zero-order valence-electron chi connectivity index (χ0n) is 25.0. The molecule has 0 saturated heterocycles. The molecule has 10 nitrogen and oxygen atoms in total. The van der Waals surface area contributed by atoms with Gasteiger partial charge in [-0.25, -0.2) is 0 Å². The number of benzene rings is 3.